The highest BCUT2D eigenvalue weighted by molar-refractivity contribution is 6.14. The number of hydrogen-bond donors (Lipinski definition) is 3. The van der Waals surface area contributed by atoms with E-state index in [4.69, 9.17) is 17.6 Å². The molecule has 0 amide bonds. The molecule has 1 heterocycles. The molecular formula is C11H23ClN6. The highest BCUT2D eigenvalue weighted by Gasteiger charge is 2.16. The number of amidine groups is 1. The number of hydrazone groups is 1. The van der Waals surface area contributed by atoms with E-state index >= 15 is 0 Å². The molecule has 0 bridgehead atoms. The number of hydrogen-bond acceptors (Lipinski definition) is 6. The molecule has 0 radical (unpaired) electrons. The molecule has 0 unspecified atom stereocenters. The van der Waals surface area contributed by atoms with Crippen LogP contribution < -0.4 is 16.7 Å². The van der Waals surface area contributed by atoms with Crippen LogP contribution in [-0.2, 0) is 0 Å². The average molecular weight is 275 g/mol. The van der Waals surface area contributed by atoms with Crippen LogP contribution in [0.5, 0.6) is 0 Å². The summed E-state index contributed by atoms with van der Waals surface area (Å²) in [5, 5.41) is 4.24. The number of unbranched alkanes of at least 4 members (excludes halogenated alkanes) is 2. The number of hydrazine groups is 2. The van der Waals surface area contributed by atoms with Gasteiger partial charge in [0.1, 0.15) is 5.82 Å². The summed E-state index contributed by atoms with van der Waals surface area (Å²) in [6, 6.07) is 0. The first-order chi connectivity index (χ1) is 8.71. The quantitative estimate of drug-likeness (QED) is 0.373. The summed E-state index contributed by atoms with van der Waals surface area (Å²) in [5.74, 6) is 6.85. The van der Waals surface area contributed by atoms with E-state index in [9.17, 15) is 0 Å². The molecule has 4 N–H and O–H groups in total. The van der Waals surface area contributed by atoms with Gasteiger partial charge < -0.3 is 10.3 Å². The van der Waals surface area contributed by atoms with Gasteiger partial charge in [0.05, 0.1) is 11.8 Å². The Balaban J connectivity index is 2.72. The molecule has 0 spiro atoms. The van der Waals surface area contributed by atoms with E-state index in [1.165, 1.54) is 0 Å². The zero-order valence-electron chi connectivity index (χ0n) is 11.1. The van der Waals surface area contributed by atoms with Crippen LogP contribution in [0.25, 0.3) is 0 Å². The second kappa shape index (κ2) is 8.05. The molecule has 0 atom stereocenters. The third kappa shape index (κ3) is 4.62. The smallest absolute Gasteiger partial charge is 0.155 e. The van der Waals surface area contributed by atoms with Crippen molar-refractivity contribution in [2.75, 3.05) is 13.1 Å². The molecule has 18 heavy (non-hydrogen) atoms. The van der Waals surface area contributed by atoms with Crippen molar-refractivity contribution in [3.63, 3.8) is 0 Å². The lowest BCUT2D eigenvalue weighted by atomic mass is 10.2. The van der Waals surface area contributed by atoms with Gasteiger partial charge in [0.25, 0.3) is 0 Å². The Morgan fingerprint density at radius 1 is 1.39 bits per heavy atom. The summed E-state index contributed by atoms with van der Waals surface area (Å²) < 4.78 is 1.15. The second-order valence-corrected chi connectivity index (χ2v) is 4.55. The Bertz CT molecular complexity index is 296. The van der Waals surface area contributed by atoms with Crippen molar-refractivity contribution in [1.29, 1.82) is 0 Å². The Labute approximate surface area is 114 Å². The topological polar surface area (TPSA) is 68.9 Å². The van der Waals surface area contributed by atoms with Crippen LogP contribution in [0.15, 0.2) is 17.0 Å². The predicted molar refractivity (Wildman–Crippen MR) is 75.1 cm³/mol. The summed E-state index contributed by atoms with van der Waals surface area (Å²) in [7, 11) is 0. The van der Waals surface area contributed by atoms with E-state index in [0.717, 1.165) is 49.2 Å². The maximum atomic E-state index is 5.87. The van der Waals surface area contributed by atoms with Crippen LogP contribution in [0, 0.1) is 0 Å². The Hall–Kier alpha value is -1.14. The van der Waals surface area contributed by atoms with Gasteiger partial charge in [0.15, 0.2) is 5.84 Å². The van der Waals surface area contributed by atoms with Crippen LogP contribution in [0.1, 0.15) is 39.5 Å². The summed E-state index contributed by atoms with van der Waals surface area (Å²) in [6.07, 6.45) is 6.45. The normalized spacial score (nSPS) is 14.8. The summed E-state index contributed by atoms with van der Waals surface area (Å²) >= 11 is 5.87. The molecule has 104 valence electrons. The Kier molecular flexibility index (Phi) is 6.67. The van der Waals surface area contributed by atoms with Crippen molar-refractivity contribution in [3.05, 3.63) is 11.9 Å². The van der Waals surface area contributed by atoms with E-state index in [1.807, 2.05) is 6.08 Å². The predicted octanol–water partition coefficient (Wildman–Crippen LogP) is 1.48. The van der Waals surface area contributed by atoms with Crippen molar-refractivity contribution in [2.24, 2.45) is 10.9 Å². The van der Waals surface area contributed by atoms with Crippen LogP contribution in [0.4, 0.5) is 0 Å². The largest absolute Gasteiger partial charge is 0.355 e. The number of nitrogens with zero attached hydrogens (tertiary/aromatic N) is 3. The minimum atomic E-state index is 0.632. The van der Waals surface area contributed by atoms with Gasteiger partial charge in [-0.25, -0.2) is 5.84 Å². The lowest BCUT2D eigenvalue weighted by Gasteiger charge is -2.29. The molecule has 0 aromatic heterocycles. The van der Waals surface area contributed by atoms with Crippen molar-refractivity contribution < 1.29 is 0 Å². The molecule has 1 aliphatic rings. The zero-order valence-corrected chi connectivity index (χ0v) is 11.9. The maximum absolute atomic E-state index is 5.87. The van der Waals surface area contributed by atoms with E-state index < -0.39 is 0 Å². The summed E-state index contributed by atoms with van der Waals surface area (Å²) in [5.41, 5.74) is 5.32. The summed E-state index contributed by atoms with van der Waals surface area (Å²) in [4.78, 5) is 2.24. The summed E-state index contributed by atoms with van der Waals surface area (Å²) in [6.45, 7) is 6.32. The molecule has 0 aromatic carbocycles. The van der Waals surface area contributed by atoms with Crippen LogP contribution in [0.2, 0.25) is 0 Å². The van der Waals surface area contributed by atoms with Gasteiger partial charge in [-0.3, -0.25) is 5.43 Å². The van der Waals surface area contributed by atoms with E-state index in [1.54, 1.807) is 0 Å². The first kappa shape index (κ1) is 14.9. The molecule has 0 saturated carbocycles. The first-order valence-corrected chi connectivity index (χ1v) is 6.79. The highest BCUT2D eigenvalue weighted by Crippen LogP contribution is 2.08. The molecule has 1 aliphatic heterocycles. The average Bonchev–Trinajstić information content (AvgIpc) is 2.38. The Morgan fingerprint density at radius 3 is 2.50 bits per heavy atom. The van der Waals surface area contributed by atoms with Crippen molar-refractivity contribution in [1.82, 2.24) is 20.4 Å². The first-order valence-electron chi connectivity index (χ1n) is 6.45. The van der Waals surface area contributed by atoms with Gasteiger partial charge in [0, 0.05) is 19.2 Å². The van der Waals surface area contributed by atoms with E-state index in [-0.39, 0.29) is 0 Å². The van der Waals surface area contributed by atoms with Gasteiger partial charge >= 0.3 is 0 Å². The van der Waals surface area contributed by atoms with Gasteiger partial charge in [0.2, 0.25) is 0 Å². The maximum Gasteiger partial charge on any atom is 0.155 e. The van der Waals surface area contributed by atoms with Crippen LogP contribution in [-0.4, -0.2) is 28.5 Å². The molecule has 6 nitrogen and oxygen atoms in total. The molecule has 0 aliphatic carbocycles. The number of halogens is 1. The molecule has 0 fully saturated rings. The third-order valence-corrected chi connectivity index (χ3v) is 2.88. The lowest BCUT2D eigenvalue weighted by Crippen LogP contribution is -2.44. The third-order valence-electron chi connectivity index (χ3n) is 2.72. The van der Waals surface area contributed by atoms with Crippen molar-refractivity contribution >= 4 is 17.6 Å². The van der Waals surface area contributed by atoms with Crippen molar-refractivity contribution in [2.45, 2.75) is 39.5 Å². The molecular weight excluding hydrogens is 252 g/mol. The Morgan fingerprint density at radius 2 is 2.00 bits per heavy atom. The molecule has 7 heteroatoms. The fourth-order valence-corrected chi connectivity index (χ4v) is 1.84. The van der Waals surface area contributed by atoms with E-state index in [0.29, 0.717) is 5.82 Å². The second-order valence-electron chi connectivity index (χ2n) is 4.23. The fourth-order valence-electron chi connectivity index (χ4n) is 1.67. The minimum Gasteiger partial charge on any atom is -0.355 e. The zero-order chi connectivity index (χ0) is 13.4. The number of nitrogens with two attached hydrogens (primary N) is 1. The number of rotatable bonds is 7. The fraction of sp³-hybridized carbons (Fsp3) is 0.727. The monoisotopic (exact) mass is 274 g/mol. The lowest BCUT2D eigenvalue weighted by molar-refractivity contribution is 0.341. The van der Waals surface area contributed by atoms with Crippen LogP contribution >= 0.6 is 11.8 Å². The van der Waals surface area contributed by atoms with Crippen molar-refractivity contribution in [3.8, 4) is 0 Å². The highest BCUT2D eigenvalue weighted by atomic mass is 35.5. The molecule has 1 rings (SSSR count). The van der Waals surface area contributed by atoms with Gasteiger partial charge in [-0.15, -0.1) is 9.74 Å². The number of nitrogens with one attached hydrogen (secondary N) is 2. The van der Waals surface area contributed by atoms with Gasteiger partial charge in [-0.2, -0.15) is 0 Å². The molecule has 0 aromatic rings. The van der Waals surface area contributed by atoms with Gasteiger partial charge in [-0.05, 0) is 12.8 Å². The SMILES string of the molecule is CCCCN(CCCC)C1=NN(Cl)NC(NN)=C1. The van der Waals surface area contributed by atoms with E-state index in [2.05, 4.69) is 34.7 Å². The standard InChI is InChI=1S/C11H23ClN6/c1-3-5-7-17(8-6-4-2)11-9-10(14-13)15-18(12)16-11/h9,14-15H,3-8,13H2,1-2H3. The minimum absolute atomic E-state index is 0.632. The van der Waals surface area contributed by atoms with Crippen LogP contribution in [0.3, 0.4) is 0 Å². The van der Waals surface area contributed by atoms with Gasteiger partial charge in [-0.1, -0.05) is 26.7 Å². The molecule has 0 saturated heterocycles.